The van der Waals surface area contributed by atoms with Crippen LogP contribution in [0.5, 0.6) is 5.75 Å². The van der Waals surface area contributed by atoms with Gasteiger partial charge < -0.3 is 4.52 Å². The molecule has 0 saturated heterocycles. The molecule has 136 valence electrons. The lowest BCUT2D eigenvalue weighted by Gasteiger charge is -2.13. The first kappa shape index (κ1) is 19.7. The van der Waals surface area contributed by atoms with Crippen LogP contribution in [0.1, 0.15) is 50.7 Å². The van der Waals surface area contributed by atoms with E-state index >= 15 is 0 Å². The molecule has 2 aromatic rings. The van der Waals surface area contributed by atoms with Gasteiger partial charge in [0.25, 0.3) is 0 Å². The van der Waals surface area contributed by atoms with E-state index < -0.39 is 7.82 Å². The van der Waals surface area contributed by atoms with Crippen LogP contribution in [0.3, 0.4) is 0 Å². The molecule has 0 aliphatic rings. The summed E-state index contributed by atoms with van der Waals surface area (Å²) in [6, 6.07) is 13.5. The lowest BCUT2D eigenvalue weighted by molar-refractivity contribution is 0.283. The number of unbranched alkanes of at least 4 members (excludes halogenated alkanes) is 2. The Hall–Kier alpha value is -1.61. The summed E-state index contributed by atoms with van der Waals surface area (Å²) < 4.78 is 15.5. The average Bonchev–Trinajstić information content (AvgIpc) is 2.57. The van der Waals surface area contributed by atoms with E-state index in [1.807, 2.05) is 12.1 Å². The minimum absolute atomic E-state index is 0.173. The number of phosphoric ester groups is 1. The zero-order valence-corrected chi connectivity index (χ0v) is 15.8. The predicted molar refractivity (Wildman–Crippen MR) is 102 cm³/mol. The highest BCUT2D eigenvalue weighted by Gasteiger charge is 2.15. The molecule has 0 bridgehead atoms. The average molecular weight is 362 g/mol. The topological polar surface area (TPSA) is 66.8 Å². The Balaban J connectivity index is 2.28. The van der Waals surface area contributed by atoms with Crippen molar-refractivity contribution in [3.05, 3.63) is 53.6 Å². The third-order valence-electron chi connectivity index (χ3n) is 4.18. The van der Waals surface area contributed by atoms with Gasteiger partial charge in [-0.15, -0.1) is 0 Å². The second kappa shape index (κ2) is 9.19. The second-order valence-electron chi connectivity index (χ2n) is 6.30. The molecule has 0 spiro atoms. The fourth-order valence-corrected chi connectivity index (χ4v) is 3.27. The Morgan fingerprint density at radius 1 is 0.920 bits per heavy atom. The third-order valence-corrected chi connectivity index (χ3v) is 4.63. The van der Waals surface area contributed by atoms with Crippen LogP contribution in [-0.4, -0.2) is 9.79 Å². The maximum absolute atomic E-state index is 10.9. The van der Waals surface area contributed by atoms with Gasteiger partial charge in [0.1, 0.15) is 5.75 Å². The van der Waals surface area contributed by atoms with Gasteiger partial charge in [0.05, 0.1) is 0 Å². The second-order valence-corrected chi connectivity index (χ2v) is 7.47. The molecular weight excluding hydrogens is 335 g/mol. The monoisotopic (exact) mass is 362 g/mol. The van der Waals surface area contributed by atoms with Crippen molar-refractivity contribution in [3.8, 4) is 16.9 Å². The number of hydrogen-bond donors (Lipinski definition) is 2. The number of benzene rings is 2. The Bertz CT molecular complexity index is 719. The highest BCUT2D eigenvalue weighted by Crippen LogP contribution is 2.38. The van der Waals surface area contributed by atoms with Crippen molar-refractivity contribution in [1.82, 2.24) is 0 Å². The molecule has 2 rings (SSSR count). The van der Waals surface area contributed by atoms with Crippen LogP contribution in [-0.2, 0) is 17.4 Å². The molecule has 0 saturated carbocycles. The summed E-state index contributed by atoms with van der Waals surface area (Å²) in [6.07, 6.45) is 6.81. The van der Waals surface area contributed by atoms with E-state index in [1.165, 1.54) is 29.5 Å². The first-order valence-corrected chi connectivity index (χ1v) is 10.4. The molecule has 5 heteroatoms. The SMILES string of the molecule is CCCCc1ccc(-c2ccc(OP(=O)(O)O)cc2)c(CCCC)c1. The van der Waals surface area contributed by atoms with E-state index in [2.05, 4.69) is 36.6 Å². The molecule has 25 heavy (non-hydrogen) atoms. The van der Waals surface area contributed by atoms with Crippen LogP contribution in [0.4, 0.5) is 0 Å². The fraction of sp³-hybridized carbons (Fsp3) is 0.400. The molecular formula is C20H27O4P. The first-order chi connectivity index (χ1) is 11.9. The van der Waals surface area contributed by atoms with Crippen molar-refractivity contribution in [2.45, 2.75) is 52.4 Å². The Kier molecular flexibility index (Phi) is 7.24. The van der Waals surface area contributed by atoms with E-state index in [0.717, 1.165) is 31.2 Å². The van der Waals surface area contributed by atoms with Gasteiger partial charge in [-0.05, 0) is 60.1 Å². The van der Waals surface area contributed by atoms with Crippen molar-refractivity contribution >= 4 is 7.82 Å². The van der Waals surface area contributed by atoms with E-state index in [4.69, 9.17) is 9.79 Å². The minimum Gasteiger partial charge on any atom is -0.404 e. The van der Waals surface area contributed by atoms with Crippen LogP contribution in [0.25, 0.3) is 11.1 Å². The number of aryl methyl sites for hydroxylation is 2. The fourth-order valence-electron chi connectivity index (χ4n) is 2.87. The molecule has 2 N–H and O–H groups in total. The highest BCUT2D eigenvalue weighted by molar-refractivity contribution is 7.46. The predicted octanol–water partition coefficient (Wildman–Crippen LogP) is 5.51. The summed E-state index contributed by atoms with van der Waals surface area (Å²) in [6.45, 7) is 4.39. The van der Waals surface area contributed by atoms with Crippen molar-refractivity contribution in [1.29, 1.82) is 0 Å². The van der Waals surface area contributed by atoms with Gasteiger partial charge in [-0.2, -0.15) is 0 Å². The molecule has 0 aromatic heterocycles. The van der Waals surface area contributed by atoms with Crippen LogP contribution >= 0.6 is 7.82 Å². The van der Waals surface area contributed by atoms with Crippen LogP contribution in [0.2, 0.25) is 0 Å². The molecule has 0 fully saturated rings. The zero-order chi connectivity index (χ0) is 18.3. The van der Waals surface area contributed by atoms with Crippen LogP contribution in [0, 0.1) is 0 Å². The van der Waals surface area contributed by atoms with Crippen LogP contribution < -0.4 is 4.52 Å². The van der Waals surface area contributed by atoms with Gasteiger partial charge in [-0.3, -0.25) is 9.79 Å². The van der Waals surface area contributed by atoms with Gasteiger partial charge in [-0.1, -0.05) is 57.0 Å². The highest BCUT2D eigenvalue weighted by atomic mass is 31.2. The van der Waals surface area contributed by atoms with Gasteiger partial charge in [0.2, 0.25) is 0 Å². The summed E-state index contributed by atoms with van der Waals surface area (Å²) in [7, 11) is -4.52. The summed E-state index contributed by atoms with van der Waals surface area (Å²) in [5.74, 6) is 0.173. The summed E-state index contributed by atoms with van der Waals surface area (Å²) in [4.78, 5) is 17.8. The van der Waals surface area contributed by atoms with Crippen LogP contribution in [0.15, 0.2) is 42.5 Å². The van der Waals surface area contributed by atoms with Crippen molar-refractivity contribution in [2.24, 2.45) is 0 Å². The van der Waals surface area contributed by atoms with Gasteiger partial charge in [0.15, 0.2) is 0 Å². The van der Waals surface area contributed by atoms with E-state index in [9.17, 15) is 4.57 Å². The maximum atomic E-state index is 10.9. The quantitative estimate of drug-likeness (QED) is 0.577. The molecule has 0 amide bonds. The molecule has 0 heterocycles. The molecule has 0 radical (unpaired) electrons. The third kappa shape index (κ3) is 6.32. The molecule has 0 unspecified atom stereocenters. The largest absolute Gasteiger partial charge is 0.524 e. The van der Waals surface area contributed by atoms with E-state index in [-0.39, 0.29) is 5.75 Å². The normalized spacial score (nSPS) is 11.5. The Morgan fingerprint density at radius 3 is 2.16 bits per heavy atom. The maximum Gasteiger partial charge on any atom is 0.524 e. The van der Waals surface area contributed by atoms with E-state index in [0.29, 0.717) is 0 Å². The number of rotatable bonds is 9. The lowest BCUT2D eigenvalue weighted by Crippen LogP contribution is -1.95. The molecule has 2 aromatic carbocycles. The smallest absolute Gasteiger partial charge is 0.404 e. The van der Waals surface area contributed by atoms with Gasteiger partial charge in [0, 0.05) is 0 Å². The number of phosphoric acid groups is 1. The first-order valence-electron chi connectivity index (χ1n) is 8.90. The van der Waals surface area contributed by atoms with E-state index in [1.54, 1.807) is 12.1 Å². The molecule has 0 aliphatic carbocycles. The Labute approximate surface area is 150 Å². The summed E-state index contributed by atoms with van der Waals surface area (Å²) in [5.41, 5.74) is 4.92. The van der Waals surface area contributed by atoms with Crippen molar-refractivity contribution in [2.75, 3.05) is 0 Å². The molecule has 0 aliphatic heterocycles. The van der Waals surface area contributed by atoms with Gasteiger partial charge >= 0.3 is 7.82 Å². The van der Waals surface area contributed by atoms with Crippen molar-refractivity contribution < 1.29 is 18.9 Å². The van der Waals surface area contributed by atoms with Crippen molar-refractivity contribution in [3.63, 3.8) is 0 Å². The Morgan fingerprint density at radius 2 is 1.56 bits per heavy atom. The lowest BCUT2D eigenvalue weighted by atomic mass is 9.93. The molecule has 4 nitrogen and oxygen atoms in total. The summed E-state index contributed by atoms with van der Waals surface area (Å²) >= 11 is 0. The molecule has 0 atom stereocenters. The summed E-state index contributed by atoms with van der Waals surface area (Å²) in [5, 5.41) is 0. The van der Waals surface area contributed by atoms with Gasteiger partial charge in [-0.25, -0.2) is 4.57 Å². The zero-order valence-electron chi connectivity index (χ0n) is 14.9. The standard InChI is InChI=1S/C20H27O4P/c1-3-5-7-16-9-14-20(18(15-16)8-6-4-2)17-10-12-19(13-11-17)24-25(21,22)23/h9-15H,3-8H2,1-2H3,(H2,21,22,23). The number of hydrogen-bond acceptors (Lipinski definition) is 2. The minimum atomic E-state index is -4.52.